The van der Waals surface area contributed by atoms with Crippen molar-refractivity contribution in [2.24, 2.45) is 0 Å². The molecule has 0 saturated carbocycles. The molecule has 0 bridgehead atoms. The number of carbonyl (C=O) groups excluding carboxylic acids is 2. The van der Waals surface area contributed by atoms with Gasteiger partial charge in [-0.25, -0.2) is 0 Å². The van der Waals surface area contributed by atoms with Crippen molar-refractivity contribution in [2.75, 3.05) is 26.7 Å². The first-order valence-corrected chi connectivity index (χ1v) is 8.79. The maximum atomic E-state index is 12.9. The number of morpholine rings is 1. The molecule has 1 aromatic heterocycles. The van der Waals surface area contributed by atoms with E-state index in [2.05, 4.69) is 5.16 Å². The Bertz CT molecular complexity index is 656. The van der Waals surface area contributed by atoms with Gasteiger partial charge < -0.3 is 19.1 Å². The smallest absolute Gasteiger partial charge is 0.276 e. The number of likely N-dealkylation sites (N-methyl/N-ethyl adjacent to an activating group) is 1. The van der Waals surface area contributed by atoms with Crippen LogP contribution >= 0.6 is 0 Å². The maximum Gasteiger partial charge on any atom is 0.276 e. The zero-order chi connectivity index (χ0) is 16.7. The predicted octanol–water partition coefficient (Wildman–Crippen LogP) is 1.02. The van der Waals surface area contributed by atoms with Crippen LogP contribution in [0.15, 0.2) is 4.52 Å². The van der Waals surface area contributed by atoms with Gasteiger partial charge in [-0.15, -0.1) is 0 Å². The van der Waals surface area contributed by atoms with Gasteiger partial charge in [0.05, 0.1) is 12.1 Å². The van der Waals surface area contributed by atoms with E-state index in [0.29, 0.717) is 18.8 Å². The van der Waals surface area contributed by atoms with E-state index in [1.807, 2.05) is 11.9 Å². The molecule has 2 amide bonds. The largest absolute Gasteiger partial charge is 0.366 e. The van der Waals surface area contributed by atoms with Crippen LogP contribution in [0.25, 0.3) is 0 Å². The monoisotopic (exact) mass is 333 g/mol. The van der Waals surface area contributed by atoms with Crippen LogP contribution in [0.2, 0.25) is 0 Å². The number of aromatic nitrogens is 1. The number of likely N-dealkylation sites (tertiary alicyclic amines) is 1. The molecule has 24 heavy (non-hydrogen) atoms. The third kappa shape index (κ3) is 2.60. The molecule has 2 saturated heterocycles. The van der Waals surface area contributed by atoms with E-state index in [1.165, 1.54) is 0 Å². The summed E-state index contributed by atoms with van der Waals surface area (Å²) in [4.78, 5) is 28.4. The molecule has 1 aliphatic carbocycles. The zero-order valence-electron chi connectivity index (χ0n) is 14.0. The van der Waals surface area contributed by atoms with Gasteiger partial charge in [0.25, 0.3) is 5.91 Å². The van der Waals surface area contributed by atoms with Gasteiger partial charge in [-0.2, -0.15) is 0 Å². The quantitative estimate of drug-likeness (QED) is 0.767. The average molecular weight is 333 g/mol. The lowest BCUT2D eigenvalue weighted by molar-refractivity contribution is -0.154. The molecule has 2 fully saturated rings. The van der Waals surface area contributed by atoms with Crippen LogP contribution in [0.3, 0.4) is 0 Å². The molecule has 4 rings (SSSR count). The molecule has 0 N–H and O–H groups in total. The molecule has 0 unspecified atom stereocenters. The Balaban J connectivity index is 1.50. The predicted molar refractivity (Wildman–Crippen MR) is 84.6 cm³/mol. The number of ether oxygens (including phenoxy) is 1. The number of hydrogen-bond acceptors (Lipinski definition) is 5. The van der Waals surface area contributed by atoms with Crippen molar-refractivity contribution < 1.29 is 18.8 Å². The Kier molecular flexibility index (Phi) is 4.04. The lowest BCUT2D eigenvalue weighted by Gasteiger charge is -2.37. The summed E-state index contributed by atoms with van der Waals surface area (Å²) in [6, 6.07) is 0.0512. The van der Waals surface area contributed by atoms with Gasteiger partial charge in [0, 0.05) is 32.1 Å². The second kappa shape index (κ2) is 6.20. The van der Waals surface area contributed by atoms with E-state index in [9.17, 15) is 9.59 Å². The van der Waals surface area contributed by atoms with Crippen LogP contribution in [0.1, 0.15) is 47.5 Å². The van der Waals surface area contributed by atoms with Crippen molar-refractivity contribution in [1.29, 1.82) is 0 Å². The minimum Gasteiger partial charge on any atom is -0.366 e. The fourth-order valence-corrected chi connectivity index (χ4v) is 4.07. The summed E-state index contributed by atoms with van der Waals surface area (Å²) in [5.41, 5.74) is 1.48. The van der Waals surface area contributed by atoms with Crippen LogP contribution in [0, 0.1) is 0 Å². The first kappa shape index (κ1) is 15.6. The molecular weight excluding hydrogens is 310 g/mol. The molecule has 2 aliphatic heterocycles. The fraction of sp³-hybridized carbons (Fsp3) is 0.706. The summed E-state index contributed by atoms with van der Waals surface area (Å²) >= 11 is 0. The van der Waals surface area contributed by atoms with Crippen molar-refractivity contribution in [1.82, 2.24) is 15.0 Å². The Hall–Kier alpha value is -1.89. The van der Waals surface area contributed by atoms with Gasteiger partial charge in [0.15, 0.2) is 5.69 Å². The van der Waals surface area contributed by atoms with Crippen molar-refractivity contribution in [3.8, 4) is 0 Å². The first-order valence-electron chi connectivity index (χ1n) is 8.79. The lowest BCUT2D eigenvalue weighted by atomic mass is 9.96. The normalized spacial score (nSPS) is 27.5. The molecule has 1 aromatic rings. The molecular formula is C17H23N3O4. The van der Waals surface area contributed by atoms with Crippen molar-refractivity contribution in [3.05, 3.63) is 17.0 Å². The summed E-state index contributed by atoms with van der Waals surface area (Å²) in [5, 5.41) is 4.06. The lowest BCUT2D eigenvalue weighted by Crippen LogP contribution is -2.52. The average Bonchev–Trinajstić information content (AvgIpc) is 2.90. The van der Waals surface area contributed by atoms with Crippen LogP contribution in [-0.4, -0.2) is 65.7 Å². The number of rotatable bonds is 1. The highest BCUT2D eigenvalue weighted by atomic mass is 16.5. The van der Waals surface area contributed by atoms with Crippen molar-refractivity contribution >= 4 is 11.8 Å². The first-order chi connectivity index (χ1) is 11.6. The topological polar surface area (TPSA) is 75.9 Å². The molecule has 3 aliphatic rings. The molecule has 7 nitrogen and oxygen atoms in total. The van der Waals surface area contributed by atoms with Gasteiger partial charge in [0.1, 0.15) is 12.4 Å². The summed E-state index contributed by atoms with van der Waals surface area (Å²) < 4.78 is 11.1. The van der Waals surface area contributed by atoms with E-state index >= 15 is 0 Å². The molecule has 0 aromatic carbocycles. The van der Waals surface area contributed by atoms with Crippen LogP contribution < -0.4 is 0 Å². The van der Waals surface area contributed by atoms with E-state index in [0.717, 1.165) is 49.8 Å². The maximum absolute atomic E-state index is 12.9. The van der Waals surface area contributed by atoms with Crippen molar-refractivity contribution in [3.63, 3.8) is 0 Å². The standard InChI is InChI=1S/C17H23N3O4/c1-19-12-6-8-20(9-7-14(12)23-10-15(19)21)17(22)16-11-4-2-3-5-13(11)24-18-16/h12,14H,2-10H2,1H3/t12-,14-/m0/s1. The van der Waals surface area contributed by atoms with Crippen LogP contribution in [-0.2, 0) is 22.4 Å². The van der Waals surface area contributed by atoms with E-state index < -0.39 is 0 Å². The number of fused-ring (bicyclic) bond motifs is 2. The Labute approximate surface area is 140 Å². The second-order valence-electron chi connectivity index (χ2n) is 6.93. The van der Waals surface area contributed by atoms with Crippen LogP contribution in [0.5, 0.6) is 0 Å². The van der Waals surface area contributed by atoms with E-state index in [-0.39, 0.29) is 30.6 Å². The minimum atomic E-state index is -0.0467. The second-order valence-corrected chi connectivity index (χ2v) is 6.93. The summed E-state index contributed by atoms with van der Waals surface area (Å²) in [5.74, 6) is 0.845. The molecule has 0 spiro atoms. The molecule has 0 radical (unpaired) electrons. The SMILES string of the molecule is CN1C(=O)CO[C@H]2CCN(C(=O)c3noc4c3CCCC4)CC[C@@H]21. The van der Waals surface area contributed by atoms with Crippen molar-refractivity contribution in [2.45, 2.75) is 50.7 Å². The highest BCUT2D eigenvalue weighted by Gasteiger charge is 2.38. The third-order valence-corrected chi connectivity index (χ3v) is 5.56. The number of amides is 2. The Morgan fingerprint density at radius 1 is 1.21 bits per heavy atom. The Morgan fingerprint density at radius 3 is 2.88 bits per heavy atom. The Morgan fingerprint density at radius 2 is 2.00 bits per heavy atom. The number of hydrogen-bond donors (Lipinski definition) is 0. The fourth-order valence-electron chi connectivity index (χ4n) is 4.07. The minimum absolute atomic E-state index is 0.0109. The molecule has 7 heteroatoms. The number of nitrogens with zero attached hydrogens (tertiary/aromatic N) is 3. The number of aryl methyl sites for hydroxylation is 1. The number of carbonyl (C=O) groups is 2. The third-order valence-electron chi connectivity index (χ3n) is 5.56. The van der Waals surface area contributed by atoms with E-state index in [1.54, 1.807) is 4.90 Å². The summed E-state index contributed by atoms with van der Waals surface area (Å²) in [6.07, 6.45) is 5.42. The van der Waals surface area contributed by atoms with Gasteiger partial charge in [-0.05, 0) is 32.1 Å². The van der Waals surface area contributed by atoms with Gasteiger partial charge in [-0.1, -0.05) is 5.16 Å². The van der Waals surface area contributed by atoms with Gasteiger partial charge >= 0.3 is 0 Å². The molecule has 3 heterocycles. The molecule has 2 atom stereocenters. The highest BCUT2D eigenvalue weighted by Crippen LogP contribution is 2.27. The summed E-state index contributed by atoms with van der Waals surface area (Å²) in [6.45, 7) is 1.38. The summed E-state index contributed by atoms with van der Waals surface area (Å²) in [7, 11) is 1.83. The van der Waals surface area contributed by atoms with E-state index in [4.69, 9.17) is 9.26 Å². The zero-order valence-corrected chi connectivity index (χ0v) is 14.0. The van der Waals surface area contributed by atoms with Gasteiger partial charge in [-0.3, -0.25) is 9.59 Å². The van der Waals surface area contributed by atoms with Gasteiger partial charge in [0.2, 0.25) is 5.91 Å². The highest BCUT2D eigenvalue weighted by molar-refractivity contribution is 5.94. The molecule has 130 valence electrons. The van der Waals surface area contributed by atoms with Crippen LogP contribution in [0.4, 0.5) is 0 Å².